The first-order chi connectivity index (χ1) is 14.6. The molecule has 0 aliphatic carbocycles. The molecule has 1 aliphatic rings. The summed E-state index contributed by atoms with van der Waals surface area (Å²) < 4.78 is 1.38. The zero-order valence-electron chi connectivity index (χ0n) is 17.1. The third-order valence-corrected chi connectivity index (χ3v) is 6.73. The third kappa shape index (κ3) is 3.85. The van der Waals surface area contributed by atoms with Crippen LogP contribution in [-0.2, 0) is 11.2 Å². The van der Waals surface area contributed by atoms with Crippen molar-refractivity contribution < 1.29 is 28.8 Å². The summed E-state index contributed by atoms with van der Waals surface area (Å²) in [5, 5.41) is 14.6. The molecule has 0 spiro atoms. The number of aliphatic carboxylic acids is 1. The molecule has 0 amide bonds. The Labute approximate surface area is 196 Å². The van der Waals surface area contributed by atoms with Gasteiger partial charge in [-0.2, -0.15) is 0 Å². The molecule has 4 aromatic rings. The Bertz CT molecular complexity index is 1330. The second kappa shape index (κ2) is 8.80. The number of aromatic nitrogens is 1. The fraction of sp³-hybridized carbons (Fsp3) is 0.120. The van der Waals surface area contributed by atoms with E-state index >= 15 is 0 Å². The quantitative estimate of drug-likeness (QED) is 0.456. The van der Waals surface area contributed by atoms with Crippen LogP contribution in [0.4, 0.5) is 0 Å². The Morgan fingerprint density at radius 2 is 1.68 bits per heavy atom. The number of carbonyl (C=O) groups excluding carboxylic acids is 1. The molecule has 4 nitrogen and oxygen atoms in total. The first-order valence-corrected chi connectivity index (χ1v) is 10.8. The molecular formula is C25H18LiNO3S. The van der Waals surface area contributed by atoms with Gasteiger partial charge in [-0.1, -0.05) is 72.8 Å². The van der Waals surface area contributed by atoms with E-state index in [1.165, 1.54) is 16.3 Å². The maximum Gasteiger partial charge on any atom is 1.00 e. The zero-order valence-corrected chi connectivity index (χ0v) is 17.9. The van der Waals surface area contributed by atoms with Crippen molar-refractivity contribution in [2.75, 3.05) is 5.75 Å². The van der Waals surface area contributed by atoms with Crippen LogP contribution in [0.3, 0.4) is 0 Å². The molecule has 1 aliphatic heterocycles. The first-order valence-electron chi connectivity index (χ1n) is 9.77. The Kier molecular flexibility index (Phi) is 6.11. The SMILES string of the molecule is O=C([O-])[C@@H]1CSc2c(-c3ccccc3)c(Cc3cccc4ccccc34)cc(=O)n21.[Li+]. The van der Waals surface area contributed by atoms with Gasteiger partial charge in [0.05, 0.1) is 17.0 Å². The van der Waals surface area contributed by atoms with E-state index in [9.17, 15) is 14.7 Å². The van der Waals surface area contributed by atoms with Gasteiger partial charge in [0.2, 0.25) is 0 Å². The largest absolute Gasteiger partial charge is 1.00 e. The van der Waals surface area contributed by atoms with E-state index in [0.717, 1.165) is 33.0 Å². The van der Waals surface area contributed by atoms with Crippen LogP contribution in [0.2, 0.25) is 0 Å². The molecule has 5 rings (SSSR count). The number of rotatable bonds is 4. The Hall–Kier alpha value is -2.71. The number of carboxylic acids is 1. The molecule has 148 valence electrons. The van der Waals surface area contributed by atoms with Crippen LogP contribution in [0, 0.1) is 0 Å². The molecule has 0 saturated heterocycles. The second-order valence-corrected chi connectivity index (χ2v) is 8.39. The van der Waals surface area contributed by atoms with Crippen LogP contribution in [0.5, 0.6) is 0 Å². The number of pyridine rings is 1. The van der Waals surface area contributed by atoms with Gasteiger partial charge >= 0.3 is 18.9 Å². The molecule has 3 aromatic carbocycles. The van der Waals surface area contributed by atoms with Gasteiger partial charge in [0.1, 0.15) is 0 Å². The first kappa shape index (κ1) is 21.5. The van der Waals surface area contributed by atoms with Crippen LogP contribution >= 0.6 is 11.8 Å². The molecule has 1 aromatic heterocycles. The van der Waals surface area contributed by atoms with Crippen molar-refractivity contribution in [2.45, 2.75) is 17.5 Å². The van der Waals surface area contributed by atoms with Crippen molar-refractivity contribution in [3.63, 3.8) is 0 Å². The fourth-order valence-electron chi connectivity index (χ4n) is 4.20. The van der Waals surface area contributed by atoms with Gasteiger partial charge in [0.25, 0.3) is 5.56 Å². The van der Waals surface area contributed by atoms with E-state index in [-0.39, 0.29) is 24.4 Å². The van der Waals surface area contributed by atoms with Crippen LogP contribution in [0.25, 0.3) is 21.9 Å². The van der Waals surface area contributed by atoms with Crippen molar-refractivity contribution >= 4 is 28.5 Å². The summed E-state index contributed by atoms with van der Waals surface area (Å²) in [6, 6.07) is 24.9. The molecule has 0 unspecified atom stereocenters. The minimum absolute atomic E-state index is 0. The summed E-state index contributed by atoms with van der Waals surface area (Å²) >= 11 is 1.41. The third-order valence-electron chi connectivity index (χ3n) is 5.57. The number of carboxylic acid groups (broad SMARTS) is 1. The minimum atomic E-state index is -1.22. The van der Waals surface area contributed by atoms with Crippen LogP contribution in [0.1, 0.15) is 17.2 Å². The number of hydrogen-bond donors (Lipinski definition) is 0. The molecule has 0 saturated carbocycles. The average molecular weight is 419 g/mol. The number of fused-ring (bicyclic) bond motifs is 2. The summed E-state index contributed by atoms with van der Waals surface area (Å²) in [6.07, 6.45) is 0.589. The van der Waals surface area contributed by atoms with Crippen LogP contribution in [-0.4, -0.2) is 16.3 Å². The van der Waals surface area contributed by atoms with E-state index in [2.05, 4.69) is 24.3 Å². The Morgan fingerprint density at radius 3 is 2.45 bits per heavy atom. The predicted octanol–water partition coefficient (Wildman–Crippen LogP) is 0.660. The van der Waals surface area contributed by atoms with Gasteiger partial charge in [-0.05, 0) is 33.9 Å². The second-order valence-electron chi connectivity index (χ2n) is 7.38. The standard InChI is InChI=1S/C25H19NO3S.Li/c27-22-14-19(13-18-11-6-10-16-7-4-5-12-20(16)18)23(17-8-2-1-3-9-17)24-26(22)21(15-30-24)25(28)29;/h1-12,14,21H,13,15H2,(H,28,29);/q;+1/p-1/t21-;/m0./s1. The molecule has 0 N–H and O–H groups in total. The molecule has 0 radical (unpaired) electrons. The number of hydrogen-bond acceptors (Lipinski definition) is 4. The molecule has 0 fully saturated rings. The summed E-state index contributed by atoms with van der Waals surface area (Å²) in [7, 11) is 0. The maximum absolute atomic E-state index is 12.9. The molecule has 2 heterocycles. The number of benzene rings is 3. The van der Waals surface area contributed by atoms with Crippen molar-refractivity contribution in [3.8, 4) is 11.1 Å². The molecule has 31 heavy (non-hydrogen) atoms. The van der Waals surface area contributed by atoms with Crippen LogP contribution in [0.15, 0.2) is 88.7 Å². The average Bonchev–Trinajstić information content (AvgIpc) is 3.21. The fourth-order valence-corrected chi connectivity index (χ4v) is 5.55. The minimum Gasteiger partial charge on any atom is -0.548 e. The van der Waals surface area contributed by atoms with E-state index in [4.69, 9.17) is 0 Å². The topological polar surface area (TPSA) is 62.1 Å². The number of carbonyl (C=O) groups is 1. The van der Waals surface area contributed by atoms with Crippen molar-refractivity contribution in [1.82, 2.24) is 4.57 Å². The normalized spacial score (nSPS) is 14.8. The van der Waals surface area contributed by atoms with E-state index < -0.39 is 12.0 Å². The van der Waals surface area contributed by atoms with E-state index in [1.54, 1.807) is 6.07 Å². The molecular weight excluding hydrogens is 401 g/mol. The number of thioether (sulfide) groups is 1. The monoisotopic (exact) mass is 419 g/mol. The summed E-state index contributed by atoms with van der Waals surface area (Å²) in [4.78, 5) is 24.5. The van der Waals surface area contributed by atoms with E-state index in [0.29, 0.717) is 17.2 Å². The van der Waals surface area contributed by atoms with Crippen molar-refractivity contribution in [2.24, 2.45) is 0 Å². The molecule has 0 bridgehead atoms. The maximum atomic E-state index is 12.9. The van der Waals surface area contributed by atoms with Gasteiger partial charge in [-0.25, -0.2) is 0 Å². The van der Waals surface area contributed by atoms with Crippen molar-refractivity contribution in [1.29, 1.82) is 0 Å². The smallest absolute Gasteiger partial charge is 0.548 e. The number of nitrogens with zero attached hydrogens (tertiary/aromatic N) is 1. The van der Waals surface area contributed by atoms with Crippen LogP contribution < -0.4 is 29.5 Å². The van der Waals surface area contributed by atoms with Crippen molar-refractivity contribution in [3.05, 3.63) is 100 Å². The Morgan fingerprint density at radius 1 is 0.968 bits per heavy atom. The summed E-state index contributed by atoms with van der Waals surface area (Å²) in [5.74, 6) is -0.918. The molecule has 1 atom stereocenters. The van der Waals surface area contributed by atoms with Gasteiger partial charge in [0, 0.05) is 17.4 Å². The Balaban J connectivity index is 0.00000231. The van der Waals surface area contributed by atoms with Gasteiger partial charge in [-0.3, -0.25) is 9.36 Å². The summed E-state index contributed by atoms with van der Waals surface area (Å²) in [6.45, 7) is 0. The van der Waals surface area contributed by atoms with Gasteiger partial charge < -0.3 is 9.90 Å². The molecule has 6 heteroatoms. The van der Waals surface area contributed by atoms with E-state index in [1.807, 2.05) is 48.5 Å². The summed E-state index contributed by atoms with van der Waals surface area (Å²) in [5.41, 5.74) is 3.65. The predicted molar refractivity (Wildman–Crippen MR) is 118 cm³/mol. The van der Waals surface area contributed by atoms with Gasteiger partial charge in [0.15, 0.2) is 0 Å². The van der Waals surface area contributed by atoms with Gasteiger partial charge in [-0.15, -0.1) is 11.8 Å². The zero-order chi connectivity index (χ0) is 20.7.